The van der Waals surface area contributed by atoms with Gasteiger partial charge in [0.2, 0.25) is 5.91 Å². The van der Waals surface area contributed by atoms with Crippen molar-refractivity contribution in [3.8, 4) is 0 Å². The Balaban J connectivity index is 1.89. The third-order valence-corrected chi connectivity index (χ3v) is 2.73. The van der Waals surface area contributed by atoms with Crippen molar-refractivity contribution < 1.29 is 14.6 Å². The molecule has 0 aliphatic heterocycles. The number of aliphatic hydroxyl groups is 1. The lowest BCUT2D eigenvalue weighted by molar-refractivity contribution is -0.120. The van der Waals surface area contributed by atoms with Crippen molar-refractivity contribution in [2.24, 2.45) is 11.8 Å². The van der Waals surface area contributed by atoms with Crippen LogP contribution in [0.1, 0.15) is 26.7 Å². The maximum absolute atomic E-state index is 11.4. The summed E-state index contributed by atoms with van der Waals surface area (Å²) in [4.78, 5) is 11.4. The summed E-state index contributed by atoms with van der Waals surface area (Å²) >= 11 is 0. The molecule has 3 N–H and O–H groups in total. The monoisotopic (exact) mass is 258 g/mol. The van der Waals surface area contributed by atoms with E-state index in [2.05, 4.69) is 24.5 Å². The molecule has 0 radical (unpaired) electrons. The molecule has 1 aliphatic carbocycles. The third-order valence-electron chi connectivity index (χ3n) is 2.73. The number of ether oxygens (including phenoxy) is 1. The molecular weight excluding hydrogens is 232 g/mol. The van der Waals surface area contributed by atoms with Crippen molar-refractivity contribution in [1.82, 2.24) is 10.6 Å². The summed E-state index contributed by atoms with van der Waals surface area (Å²) in [7, 11) is 0. The lowest BCUT2D eigenvalue weighted by atomic mass is 10.2. The van der Waals surface area contributed by atoms with Crippen LogP contribution in [0.4, 0.5) is 0 Å². The maximum Gasteiger partial charge on any atom is 0.233 e. The van der Waals surface area contributed by atoms with Gasteiger partial charge >= 0.3 is 0 Å². The number of rotatable bonds is 10. The van der Waals surface area contributed by atoms with Crippen molar-refractivity contribution in [1.29, 1.82) is 0 Å². The van der Waals surface area contributed by atoms with Gasteiger partial charge in [0, 0.05) is 19.7 Å². The molecule has 0 heterocycles. The number of hydrogen-bond acceptors (Lipinski definition) is 4. The van der Waals surface area contributed by atoms with Gasteiger partial charge in [-0.05, 0) is 24.7 Å². The Morgan fingerprint density at radius 3 is 2.72 bits per heavy atom. The summed E-state index contributed by atoms with van der Waals surface area (Å²) < 4.78 is 5.37. The molecule has 0 aromatic rings. The number of carbonyl (C=O) groups is 1. The van der Waals surface area contributed by atoms with Crippen molar-refractivity contribution >= 4 is 5.91 Å². The van der Waals surface area contributed by atoms with Gasteiger partial charge in [-0.25, -0.2) is 0 Å². The highest BCUT2D eigenvalue weighted by molar-refractivity contribution is 5.77. The predicted molar refractivity (Wildman–Crippen MR) is 70.3 cm³/mol. The average molecular weight is 258 g/mol. The number of nitrogens with one attached hydrogen (secondary N) is 2. The molecule has 1 aliphatic rings. The highest BCUT2D eigenvalue weighted by atomic mass is 16.5. The van der Waals surface area contributed by atoms with E-state index in [9.17, 15) is 9.90 Å². The second kappa shape index (κ2) is 8.45. The molecule has 18 heavy (non-hydrogen) atoms. The molecule has 1 fully saturated rings. The Labute approximate surface area is 109 Å². The van der Waals surface area contributed by atoms with Gasteiger partial charge in [0.25, 0.3) is 0 Å². The van der Waals surface area contributed by atoms with Gasteiger partial charge in [-0.1, -0.05) is 13.8 Å². The van der Waals surface area contributed by atoms with Gasteiger partial charge in [-0.2, -0.15) is 0 Å². The molecule has 5 heteroatoms. The molecule has 1 rings (SSSR count). The summed E-state index contributed by atoms with van der Waals surface area (Å²) in [6, 6.07) is 0. The van der Waals surface area contributed by atoms with Gasteiger partial charge in [0.15, 0.2) is 0 Å². The van der Waals surface area contributed by atoms with E-state index >= 15 is 0 Å². The smallest absolute Gasteiger partial charge is 0.233 e. The Hall–Kier alpha value is -0.650. The zero-order valence-electron chi connectivity index (χ0n) is 11.4. The fourth-order valence-corrected chi connectivity index (χ4v) is 1.45. The van der Waals surface area contributed by atoms with Crippen molar-refractivity contribution in [3.63, 3.8) is 0 Å². The van der Waals surface area contributed by atoms with Crippen LogP contribution in [0.3, 0.4) is 0 Å². The summed E-state index contributed by atoms with van der Waals surface area (Å²) in [6.45, 7) is 6.52. The minimum atomic E-state index is -0.540. The predicted octanol–water partition coefficient (Wildman–Crippen LogP) is 0.136. The number of amides is 1. The highest BCUT2D eigenvalue weighted by Gasteiger charge is 2.21. The van der Waals surface area contributed by atoms with Crippen LogP contribution in [0.25, 0.3) is 0 Å². The van der Waals surface area contributed by atoms with Gasteiger partial charge in [-0.15, -0.1) is 0 Å². The normalized spacial score (nSPS) is 16.9. The lowest BCUT2D eigenvalue weighted by Crippen LogP contribution is -2.39. The standard InChI is InChI=1S/C13H26N2O3/c1-10(2)5-15-13(17)7-14-6-12(16)9-18-8-11-3-4-11/h10-12,14,16H,3-9H2,1-2H3,(H,15,17). The summed E-state index contributed by atoms with van der Waals surface area (Å²) in [5.74, 6) is 1.14. The molecule has 1 saturated carbocycles. The molecule has 106 valence electrons. The minimum absolute atomic E-state index is 0.0326. The molecule has 1 atom stereocenters. The molecule has 5 nitrogen and oxygen atoms in total. The van der Waals surface area contributed by atoms with Gasteiger partial charge in [0.1, 0.15) is 0 Å². The molecule has 1 amide bonds. The third kappa shape index (κ3) is 8.44. The van der Waals surface area contributed by atoms with Crippen LogP contribution in [0.2, 0.25) is 0 Å². The van der Waals surface area contributed by atoms with Crippen LogP contribution in [-0.2, 0) is 9.53 Å². The van der Waals surface area contributed by atoms with E-state index in [-0.39, 0.29) is 12.5 Å². The second-order valence-corrected chi connectivity index (χ2v) is 5.46. The van der Waals surface area contributed by atoms with E-state index < -0.39 is 6.10 Å². The maximum atomic E-state index is 11.4. The van der Waals surface area contributed by atoms with Crippen LogP contribution < -0.4 is 10.6 Å². The first-order valence-corrected chi connectivity index (χ1v) is 6.81. The minimum Gasteiger partial charge on any atom is -0.389 e. The molecule has 1 unspecified atom stereocenters. The first-order chi connectivity index (χ1) is 8.58. The van der Waals surface area contributed by atoms with Crippen molar-refractivity contribution in [2.45, 2.75) is 32.8 Å². The lowest BCUT2D eigenvalue weighted by Gasteiger charge is -2.12. The summed E-state index contributed by atoms with van der Waals surface area (Å²) in [6.07, 6.45) is 1.97. The van der Waals surface area contributed by atoms with Crippen LogP contribution in [-0.4, -0.2) is 50.0 Å². The highest BCUT2D eigenvalue weighted by Crippen LogP contribution is 2.28. The largest absolute Gasteiger partial charge is 0.389 e. The Morgan fingerprint density at radius 1 is 1.39 bits per heavy atom. The van der Waals surface area contributed by atoms with Gasteiger partial charge in [-0.3, -0.25) is 4.79 Å². The quantitative estimate of drug-likeness (QED) is 0.521. The van der Waals surface area contributed by atoms with E-state index in [1.165, 1.54) is 12.8 Å². The number of aliphatic hydroxyl groups excluding tert-OH is 1. The van der Waals surface area contributed by atoms with Crippen LogP contribution in [0.5, 0.6) is 0 Å². The first kappa shape index (κ1) is 15.4. The Kier molecular flexibility index (Phi) is 7.23. The summed E-state index contributed by atoms with van der Waals surface area (Å²) in [5.41, 5.74) is 0. The van der Waals surface area contributed by atoms with Crippen molar-refractivity contribution in [2.75, 3.05) is 32.8 Å². The second-order valence-electron chi connectivity index (χ2n) is 5.46. The van der Waals surface area contributed by atoms with Crippen LogP contribution >= 0.6 is 0 Å². The van der Waals surface area contributed by atoms with E-state index in [0.29, 0.717) is 31.5 Å². The van der Waals surface area contributed by atoms with E-state index in [1.807, 2.05) is 0 Å². The van der Waals surface area contributed by atoms with Gasteiger partial charge in [0.05, 0.1) is 19.3 Å². The van der Waals surface area contributed by atoms with E-state index in [0.717, 1.165) is 6.61 Å². The summed E-state index contributed by atoms with van der Waals surface area (Å²) in [5, 5.41) is 15.3. The molecular formula is C13H26N2O3. The average Bonchev–Trinajstić information content (AvgIpc) is 3.10. The Morgan fingerprint density at radius 2 is 2.11 bits per heavy atom. The first-order valence-electron chi connectivity index (χ1n) is 6.81. The zero-order valence-corrected chi connectivity index (χ0v) is 11.4. The molecule has 0 bridgehead atoms. The van der Waals surface area contributed by atoms with E-state index in [1.54, 1.807) is 0 Å². The fraction of sp³-hybridized carbons (Fsp3) is 0.923. The molecule has 0 spiro atoms. The zero-order chi connectivity index (χ0) is 13.4. The Bertz CT molecular complexity index is 242. The molecule has 0 saturated heterocycles. The fourth-order valence-electron chi connectivity index (χ4n) is 1.45. The van der Waals surface area contributed by atoms with Crippen LogP contribution in [0, 0.1) is 11.8 Å². The molecule has 0 aromatic heterocycles. The van der Waals surface area contributed by atoms with Crippen LogP contribution in [0.15, 0.2) is 0 Å². The van der Waals surface area contributed by atoms with Gasteiger partial charge < -0.3 is 20.5 Å². The molecule has 0 aromatic carbocycles. The topological polar surface area (TPSA) is 70.6 Å². The number of hydrogen-bond donors (Lipinski definition) is 3. The van der Waals surface area contributed by atoms with E-state index in [4.69, 9.17) is 4.74 Å². The SMILES string of the molecule is CC(C)CNC(=O)CNCC(O)COCC1CC1. The van der Waals surface area contributed by atoms with Crippen molar-refractivity contribution in [3.05, 3.63) is 0 Å². The number of carbonyl (C=O) groups excluding carboxylic acids is 1.